The van der Waals surface area contributed by atoms with Crippen LogP contribution in [0, 0.1) is 27.7 Å². The molecule has 0 spiro atoms. The molecule has 0 aliphatic heterocycles. The Morgan fingerprint density at radius 3 is 0.850 bits per heavy atom. The lowest BCUT2D eigenvalue weighted by Crippen LogP contribution is -2.12. The van der Waals surface area contributed by atoms with Gasteiger partial charge >= 0.3 is 0 Å². The average molecular weight is 531 g/mol. The second-order valence-corrected chi connectivity index (χ2v) is 10.7. The molecule has 0 fully saturated rings. The molecular formula is C36H34O4. The third-order valence-electron chi connectivity index (χ3n) is 7.83. The highest BCUT2D eigenvalue weighted by atomic mass is 16.3. The van der Waals surface area contributed by atoms with Crippen molar-refractivity contribution in [2.45, 2.75) is 39.5 Å². The quantitative estimate of drug-likeness (QED) is 0.167. The molecule has 0 aromatic heterocycles. The van der Waals surface area contributed by atoms with Crippen molar-refractivity contribution in [1.29, 1.82) is 0 Å². The largest absolute Gasteiger partial charge is 0.508 e. The molecule has 5 rings (SSSR count). The van der Waals surface area contributed by atoms with Gasteiger partial charge in [0.1, 0.15) is 23.0 Å². The molecule has 0 aliphatic rings. The molecule has 4 N–H and O–H groups in total. The van der Waals surface area contributed by atoms with Crippen molar-refractivity contribution in [3.63, 3.8) is 0 Å². The maximum absolute atomic E-state index is 10.3. The smallest absolute Gasteiger partial charge is 0.118 e. The molecule has 5 aromatic carbocycles. The van der Waals surface area contributed by atoms with Crippen LogP contribution < -0.4 is 0 Å². The summed E-state index contributed by atoms with van der Waals surface area (Å²) in [6.07, 6.45) is 0. The average Bonchev–Trinajstić information content (AvgIpc) is 2.93. The summed E-state index contributed by atoms with van der Waals surface area (Å²) in [6, 6.07) is 31.2. The Hall–Kier alpha value is -4.70. The number of rotatable bonds is 6. The van der Waals surface area contributed by atoms with E-state index in [0.29, 0.717) is 0 Å². The molecule has 0 amide bonds. The van der Waals surface area contributed by atoms with Crippen molar-refractivity contribution in [3.8, 4) is 23.0 Å². The molecule has 4 heteroatoms. The Bertz CT molecular complexity index is 1470. The van der Waals surface area contributed by atoms with Gasteiger partial charge in [0.2, 0.25) is 0 Å². The van der Waals surface area contributed by atoms with Gasteiger partial charge in [-0.05, 0) is 108 Å². The van der Waals surface area contributed by atoms with E-state index in [0.717, 1.165) is 55.6 Å². The zero-order valence-electron chi connectivity index (χ0n) is 23.2. The second kappa shape index (κ2) is 10.8. The van der Waals surface area contributed by atoms with Crippen molar-refractivity contribution in [1.82, 2.24) is 0 Å². The highest BCUT2D eigenvalue weighted by Crippen LogP contribution is 2.43. The highest BCUT2D eigenvalue weighted by molar-refractivity contribution is 5.56. The predicted molar refractivity (Wildman–Crippen MR) is 160 cm³/mol. The van der Waals surface area contributed by atoms with E-state index < -0.39 is 0 Å². The van der Waals surface area contributed by atoms with Gasteiger partial charge in [0.15, 0.2) is 0 Å². The third-order valence-corrected chi connectivity index (χ3v) is 7.83. The SMILES string of the molecule is Cc1cc(C(c2ccc(O)c(C)c2)c2ccccc2C(c2ccc(O)c(C)c2)c2ccc(O)c(C)c2)ccc1O. The van der Waals surface area contributed by atoms with Crippen molar-refractivity contribution < 1.29 is 20.4 Å². The number of phenolic OH excluding ortho intramolecular Hbond substituents is 4. The fourth-order valence-corrected chi connectivity index (χ4v) is 5.57. The summed E-state index contributed by atoms with van der Waals surface area (Å²) in [5, 5.41) is 41.2. The van der Waals surface area contributed by atoms with Gasteiger partial charge in [0.25, 0.3) is 0 Å². The molecule has 0 saturated carbocycles. The summed E-state index contributed by atoms with van der Waals surface area (Å²) >= 11 is 0. The standard InChI is InChI=1S/C36H34O4/c1-21-17-25(9-13-31(21)37)35(26-10-14-32(38)22(2)18-26)29-7-5-6-8-30(29)36(27-11-15-33(39)23(3)19-27)28-12-16-34(40)24(4)20-28/h5-20,35-40H,1-4H3. The Balaban J connectivity index is 1.80. The van der Waals surface area contributed by atoms with Gasteiger partial charge in [0, 0.05) is 11.8 Å². The lowest BCUT2D eigenvalue weighted by atomic mass is 9.75. The van der Waals surface area contributed by atoms with Crippen molar-refractivity contribution in [2.24, 2.45) is 0 Å². The van der Waals surface area contributed by atoms with Crippen molar-refractivity contribution >= 4 is 0 Å². The summed E-state index contributed by atoms with van der Waals surface area (Å²) < 4.78 is 0. The van der Waals surface area contributed by atoms with E-state index in [1.54, 1.807) is 24.3 Å². The minimum absolute atomic E-state index is 0.186. The molecule has 40 heavy (non-hydrogen) atoms. The third kappa shape index (κ3) is 5.13. The van der Waals surface area contributed by atoms with Crippen LogP contribution in [0.4, 0.5) is 0 Å². The van der Waals surface area contributed by atoms with Gasteiger partial charge in [-0.1, -0.05) is 72.8 Å². The van der Waals surface area contributed by atoms with Crippen LogP contribution in [0.1, 0.15) is 67.5 Å². The maximum Gasteiger partial charge on any atom is 0.118 e. The van der Waals surface area contributed by atoms with E-state index in [2.05, 4.69) is 12.1 Å². The molecule has 0 aliphatic carbocycles. The topological polar surface area (TPSA) is 80.9 Å². The summed E-state index contributed by atoms with van der Waals surface area (Å²) in [5.41, 5.74) is 9.41. The van der Waals surface area contributed by atoms with E-state index in [1.807, 2.05) is 88.4 Å². The van der Waals surface area contributed by atoms with Gasteiger partial charge in [0.05, 0.1) is 0 Å². The molecule has 0 unspecified atom stereocenters. The van der Waals surface area contributed by atoms with Crippen LogP contribution in [0.15, 0.2) is 97.1 Å². The van der Waals surface area contributed by atoms with Crippen LogP contribution in [0.25, 0.3) is 0 Å². The van der Waals surface area contributed by atoms with Crippen molar-refractivity contribution in [3.05, 3.63) is 153 Å². The number of aromatic hydroxyl groups is 4. The first kappa shape index (κ1) is 26.9. The minimum Gasteiger partial charge on any atom is -0.508 e. The van der Waals surface area contributed by atoms with Gasteiger partial charge < -0.3 is 20.4 Å². The molecule has 4 nitrogen and oxygen atoms in total. The van der Waals surface area contributed by atoms with E-state index in [9.17, 15) is 20.4 Å². The zero-order chi connectivity index (χ0) is 28.6. The summed E-state index contributed by atoms with van der Waals surface area (Å²) in [4.78, 5) is 0. The van der Waals surface area contributed by atoms with Gasteiger partial charge in [-0.3, -0.25) is 0 Å². The minimum atomic E-state index is -0.186. The Labute approximate surface area is 235 Å². The zero-order valence-corrected chi connectivity index (χ0v) is 23.2. The first-order valence-electron chi connectivity index (χ1n) is 13.4. The fraction of sp³-hybridized carbons (Fsp3) is 0.167. The van der Waals surface area contributed by atoms with E-state index in [1.165, 1.54) is 0 Å². The second-order valence-electron chi connectivity index (χ2n) is 10.7. The Morgan fingerprint density at radius 1 is 0.375 bits per heavy atom. The summed E-state index contributed by atoms with van der Waals surface area (Å²) in [6.45, 7) is 7.58. The Morgan fingerprint density at radius 2 is 0.625 bits per heavy atom. The van der Waals surface area contributed by atoms with Crippen LogP contribution in [0.3, 0.4) is 0 Å². The fourth-order valence-electron chi connectivity index (χ4n) is 5.57. The normalized spacial score (nSPS) is 11.3. The first-order chi connectivity index (χ1) is 19.1. The molecule has 5 aromatic rings. The predicted octanol–water partition coefficient (Wildman–Crippen LogP) is 8.10. The molecule has 0 heterocycles. The molecule has 202 valence electrons. The maximum atomic E-state index is 10.3. The lowest BCUT2D eigenvalue weighted by Gasteiger charge is -2.28. The number of hydrogen-bond donors (Lipinski definition) is 4. The molecular weight excluding hydrogens is 496 g/mol. The van der Waals surface area contributed by atoms with Crippen molar-refractivity contribution in [2.75, 3.05) is 0 Å². The monoisotopic (exact) mass is 530 g/mol. The number of aryl methyl sites for hydroxylation is 4. The number of benzene rings is 5. The molecule has 0 radical (unpaired) electrons. The first-order valence-corrected chi connectivity index (χ1v) is 13.4. The van der Waals surface area contributed by atoms with Gasteiger partial charge in [-0.2, -0.15) is 0 Å². The van der Waals surface area contributed by atoms with Crippen LogP contribution in [0.5, 0.6) is 23.0 Å². The molecule has 0 saturated heterocycles. The lowest BCUT2D eigenvalue weighted by molar-refractivity contribution is 0.470. The molecule has 0 atom stereocenters. The highest BCUT2D eigenvalue weighted by Gasteiger charge is 2.27. The van der Waals surface area contributed by atoms with Crippen LogP contribution in [-0.4, -0.2) is 20.4 Å². The van der Waals surface area contributed by atoms with Crippen LogP contribution >= 0.6 is 0 Å². The van der Waals surface area contributed by atoms with E-state index in [4.69, 9.17) is 0 Å². The summed E-state index contributed by atoms with van der Waals surface area (Å²) in [5.74, 6) is 0.608. The number of phenols is 4. The van der Waals surface area contributed by atoms with E-state index in [-0.39, 0.29) is 34.8 Å². The Kier molecular flexibility index (Phi) is 7.27. The van der Waals surface area contributed by atoms with Crippen LogP contribution in [0.2, 0.25) is 0 Å². The van der Waals surface area contributed by atoms with E-state index >= 15 is 0 Å². The van der Waals surface area contributed by atoms with Gasteiger partial charge in [-0.25, -0.2) is 0 Å². The summed E-state index contributed by atoms with van der Waals surface area (Å²) in [7, 11) is 0. The number of hydrogen-bond acceptors (Lipinski definition) is 4. The molecule has 0 bridgehead atoms. The van der Waals surface area contributed by atoms with Crippen LogP contribution in [-0.2, 0) is 0 Å². The van der Waals surface area contributed by atoms with Gasteiger partial charge in [-0.15, -0.1) is 0 Å².